The molecule has 0 bridgehead atoms. The molecule has 1 aromatic rings. The molecule has 0 aliphatic carbocycles. The van der Waals surface area contributed by atoms with E-state index in [0.717, 1.165) is 0 Å². The van der Waals surface area contributed by atoms with Crippen LogP contribution >= 0.6 is 7.94 Å². The highest BCUT2D eigenvalue weighted by Gasteiger charge is 2.37. The molecule has 0 unspecified atom stereocenters. The molecule has 1 rings (SSSR count). The molecule has 0 saturated heterocycles. The summed E-state index contributed by atoms with van der Waals surface area (Å²) in [7, 11) is -4.76. The highest BCUT2D eigenvalue weighted by atomic mass is 31.2. The molecule has 6 heteroatoms. The minimum Gasteiger partial charge on any atom is -0.627 e. The molecule has 1 radical (unpaired) electrons. The van der Waals surface area contributed by atoms with Crippen LogP contribution in [-0.4, -0.2) is 22.3 Å². The van der Waals surface area contributed by atoms with Crippen molar-refractivity contribution in [3.63, 3.8) is 0 Å². The van der Waals surface area contributed by atoms with Gasteiger partial charge in [-0.15, -0.1) is 0 Å². The van der Waals surface area contributed by atoms with Crippen molar-refractivity contribution in [2.45, 2.75) is 46.6 Å². The van der Waals surface area contributed by atoms with Crippen LogP contribution in [0.4, 0.5) is 0 Å². The Morgan fingerprint density at radius 3 is 2.12 bits per heavy atom. The van der Waals surface area contributed by atoms with Crippen molar-refractivity contribution >= 4 is 22.2 Å². The number of benzene rings is 1. The van der Waals surface area contributed by atoms with Crippen LogP contribution in [0.15, 0.2) is 54.1 Å². The normalized spacial score (nSPS) is 13.7. The van der Waals surface area contributed by atoms with Crippen LogP contribution in [0.25, 0.3) is 0 Å². The van der Waals surface area contributed by atoms with Gasteiger partial charge < -0.3 is 9.32 Å². The maximum absolute atomic E-state index is 13.1. The first-order valence-electron chi connectivity index (χ1n) is 8.60. The largest absolute Gasteiger partial charge is 0.627 e. The second kappa shape index (κ2) is 10.2. The Hall–Kier alpha value is -0.973. The minimum absolute atomic E-state index is 0.0369. The lowest BCUT2D eigenvalue weighted by atomic mass is 10.2. The SMILES string of the molecule is C/C=C/C(=C\O[Si](c1ccccc1)C(C)(C)C)[P+]([O-])(OCC)OCC. The lowest BCUT2D eigenvalue weighted by Gasteiger charge is -2.29. The summed E-state index contributed by atoms with van der Waals surface area (Å²) in [6, 6.07) is 10.2. The maximum Gasteiger partial charge on any atom is 0.321 e. The highest BCUT2D eigenvalue weighted by molar-refractivity contribution is 7.63. The van der Waals surface area contributed by atoms with Gasteiger partial charge in [-0.25, -0.2) is 9.05 Å². The zero-order valence-electron chi connectivity index (χ0n) is 16.1. The molecule has 0 heterocycles. The predicted molar refractivity (Wildman–Crippen MR) is 106 cm³/mol. The van der Waals surface area contributed by atoms with Gasteiger partial charge in [0.2, 0.25) is 0 Å². The van der Waals surface area contributed by atoms with Gasteiger partial charge in [0.05, 0.1) is 13.2 Å². The monoisotopic (exact) mass is 381 g/mol. The second-order valence-electron chi connectivity index (χ2n) is 6.44. The summed E-state index contributed by atoms with van der Waals surface area (Å²) < 4.78 is 17.1. The molecule has 0 fully saturated rings. The number of allylic oxidation sites excluding steroid dienone is 3. The first-order chi connectivity index (χ1) is 11.8. The zero-order valence-corrected chi connectivity index (χ0v) is 18.0. The van der Waals surface area contributed by atoms with Crippen LogP contribution in [0.1, 0.15) is 41.5 Å². The van der Waals surface area contributed by atoms with Crippen molar-refractivity contribution < 1.29 is 18.4 Å². The zero-order chi connectivity index (χ0) is 18.9. The lowest BCUT2D eigenvalue weighted by molar-refractivity contribution is -0.214. The van der Waals surface area contributed by atoms with E-state index in [1.165, 1.54) is 5.19 Å². The van der Waals surface area contributed by atoms with E-state index in [-0.39, 0.29) is 5.04 Å². The average Bonchev–Trinajstić information content (AvgIpc) is 2.54. The van der Waals surface area contributed by atoms with Crippen molar-refractivity contribution in [2.75, 3.05) is 13.2 Å². The van der Waals surface area contributed by atoms with Crippen LogP contribution in [0.3, 0.4) is 0 Å². The van der Waals surface area contributed by atoms with E-state index in [1.807, 2.05) is 31.2 Å². The molecular formula is C19H30O4PSi. The highest BCUT2D eigenvalue weighted by Crippen LogP contribution is 2.60. The Kier molecular flexibility index (Phi) is 9.04. The average molecular weight is 382 g/mol. The van der Waals surface area contributed by atoms with Gasteiger partial charge in [-0.3, -0.25) is 0 Å². The third-order valence-corrected chi connectivity index (χ3v) is 7.92. The third kappa shape index (κ3) is 6.68. The van der Waals surface area contributed by atoms with E-state index in [1.54, 1.807) is 26.2 Å². The molecule has 4 nitrogen and oxygen atoms in total. The molecular weight excluding hydrogens is 351 g/mol. The molecule has 0 amide bonds. The molecule has 139 valence electrons. The van der Waals surface area contributed by atoms with Crippen LogP contribution < -0.4 is 10.1 Å². The Morgan fingerprint density at radius 2 is 1.68 bits per heavy atom. The van der Waals surface area contributed by atoms with Crippen LogP contribution in [0, 0.1) is 0 Å². The smallest absolute Gasteiger partial charge is 0.321 e. The molecule has 25 heavy (non-hydrogen) atoms. The number of hydrogen-bond donors (Lipinski definition) is 0. The molecule has 1 aromatic carbocycles. The molecule has 0 aromatic heterocycles. The van der Waals surface area contributed by atoms with Gasteiger partial charge in [0.15, 0.2) is 5.31 Å². The first-order valence-corrected chi connectivity index (χ1v) is 11.6. The Labute approximate surface area is 154 Å². The Bertz CT molecular complexity index is 561. The fraction of sp³-hybridized carbons (Fsp3) is 0.474. The quantitative estimate of drug-likeness (QED) is 0.277. The topological polar surface area (TPSA) is 50.8 Å². The van der Waals surface area contributed by atoms with Crippen LogP contribution in [0.5, 0.6) is 0 Å². The van der Waals surface area contributed by atoms with E-state index in [4.69, 9.17) is 13.5 Å². The van der Waals surface area contributed by atoms with Gasteiger partial charge in [-0.2, -0.15) is 0 Å². The van der Waals surface area contributed by atoms with Crippen LogP contribution in [-0.2, 0) is 13.5 Å². The molecule has 0 saturated carbocycles. The van der Waals surface area contributed by atoms with Gasteiger partial charge in [0, 0.05) is 0 Å². The van der Waals surface area contributed by atoms with E-state index >= 15 is 0 Å². The molecule has 0 N–H and O–H groups in total. The standard InChI is InChI=1S/C19H30O4PSi/c1-7-13-17(24(20,21-8-2)22-9-3)16-23-25(19(4,5)6)18-14-11-10-12-15-18/h7,10-16H,8-9H2,1-6H3/b13-7+,17-16+. The number of hydrogen-bond acceptors (Lipinski definition) is 4. The van der Waals surface area contributed by atoms with E-state index in [0.29, 0.717) is 18.5 Å². The van der Waals surface area contributed by atoms with Crippen molar-refractivity contribution in [3.8, 4) is 0 Å². The minimum atomic E-state index is -3.38. The fourth-order valence-electron chi connectivity index (χ4n) is 2.28. The van der Waals surface area contributed by atoms with Crippen LogP contribution in [0.2, 0.25) is 5.04 Å². The van der Waals surface area contributed by atoms with Gasteiger partial charge in [0.25, 0.3) is 7.94 Å². The Balaban J connectivity index is 3.19. The molecule has 0 aliphatic rings. The maximum atomic E-state index is 13.1. The Morgan fingerprint density at radius 1 is 1.12 bits per heavy atom. The summed E-state index contributed by atoms with van der Waals surface area (Å²) in [4.78, 5) is 13.1. The van der Waals surface area contributed by atoms with Gasteiger partial charge in [-0.05, 0) is 37.1 Å². The van der Waals surface area contributed by atoms with Crippen molar-refractivity contribution in [1.82, 2.24) is 0 Å². The molecule has 0 aliphatic heterocycles. The lowest BCUT2D eigenvalue weighted by Crippen LogP contribution is -2.40. The fourth-order valence-corrected chi connectivity index (χ4v) is 6.04. The van der Waals surface area contributed by atoms with Crippen molar-refractivity contribution in [2.24, 2.45) is 0 Å². The molecule has 0 atom stereocenters. The first kappa shape index (κ1) is 22.1. The summed E-state index contributed by atoms with van der Waals surface area (Å²) >= 11 is 0. The number of rotatable bonds is 9. The van der Waals surface area contributed by atoms with E-state index in [2.05, 4.69) is 32.9 Å². The van der Waals surface area contributed by atoms with E-state index in [9.17, 15) is 4.89 Å². The van der Waals surface area contributed by atoms with Gasteiger partial charge in [-0.1, -0.05) is 57.2 Å². The summed E-state index contributed by atoms with van der Waals surface area (Å²) in [5.41, 5.74) is 0. The van der Waals surface area contributed by atoms with Crippen molar-refractivity contribution in [3.05, 3.63) is 54.1 Å². The third-order valence-electron chi connectivity index (χ3n) is 3.27. The van der Waals surface area contributed by atoms with Crippen molar-refractivity contribution in [1.29, 1.82) is 0 Å². The molecule has 0 spiro atoms. The summed E-state index contributed by atoms with van der Waals surface area (Å²) in [5.74, 6) is 0. The van der Waals surface area contributed by atoms with Gasteiger partial charge >= 0.3 is 9.04 Å². The summed E-state index contributed by atoms with van der Waals surface area (Å²) in [6.45, 7) is 12.5. The predicted octanol–water partition coefficient (Wildman–Crippen LogP) is 4.32. The van der Waals surface area contributed by atoms with Gasteiger partial charge in [0.1, 0.15) is 6.26 Å². The summed E-state index contributed by atoms with van der Waals surface area (Å²) in [6.07, 6.45) is 5.11. The van der Waals surface area contributed by atoms with E-state index < -0.39 is 17.0 Å². The second-order valence-corrected chi connectivity index (χ2v) is 11.4. The summed E-state index contributed by atoms with van der Waals surface area (Å²) in [5, 5.41) is 1.57.